The van der Waals surface area contributed by atoms with E-state index in [-0.39, 0.29) is 6.04 Å². The van der Waals surface area contributed by atoms with E-state index in [2.05, 4.69) is 24.3 Å². The number of halogens is 1. The molecule has 3 unspecified atom stereocenters. The minimum Gasteiger partial charge on any atom is -0.497 e. The van der Waals surface area contributed by atoms with Gasteiger partial charge in [-0.3, -0.25) is 0 Å². The summed E-state index contributed by atoms with van der Waals surface area (Å²) in [6, 6.07) is 16.3. The summed E-state index contributed by atoms with van der Waals surface area (Å²) in [4.78, 5) is 0. The summed E-state index contributed by atoms with van der Waals surface area (Å²) in [5.41, 5.74) is 8.78. The van der Waals surface area contributed by atoms with Crippen LogP contribution >= 0.6 is 11.6 Å². The first-order valence-electron chi connectivity index (χ1n) is 6.84. The SMILES string of the molecule is COc1ccc(C(N)C2CC2c2ccccc2)c(Cl)c1. The maximum atomic E-state index is 6.40. The van der Waals surface area contributed by atoms with Crippen LogP contribution in [0.3, 0.4) is 0 Å². The second kappa shape index (κ2) is 5.47. The Balaban J connectivity index is 1.76. The van der Waals surface area contributed by atoms with Crippen LogP contribution in [0.2, 0.25) is 5.02 Å². The normalized spacial score (nSPS) is 22.4. The largest absolute Gasteiger partial charge is 0.497 e. The van der Waals surface area contributed by atoms with E-state index in [1.54, 1.807) is 7.11 Å². The lowest BCUT2D eigenvalue weighted by molar-refractivity contribution is 0.414. The van der Waals surface area contributed by atoms with Crippen LogP contribution in [-0.2, 0) is 0 Å². The standard InChI is InChI=1S/C17H18ClNO/c1-20-12-7-8-13(16(18)9-12)17(19)15-10-14(15)11-5-3-2-4-6-11/h2-9,14-15,17H,10,19H2,1H3. The van der Waals surface area contributed by atoms with Gasteiger partial charge in [-0.1, -0.05) is 48.0 Å². The number of nitrogens with two attached hydrogens (primary N) is 1. The third kappa shape index (κ3) is 2.54. The maximum Gasteiger partial charge on any atom is 0.120 e. The molecule has 20 heavy (non-hydrogen) atoms. The summed E-state index contributed by atoms with van der Waals surface area (Å²) in [7, 11) is 1.64. The second-order valence-electron chi connectivity index (χ2n) is 5.33. The molecule has 0 saturated heterocycles. The molecule has 0 amide bonds. The van der Waals surface area contributed by atoms with Crippen molar-refractivity contribution >= 4 is 11.6 Å². The molecule has 3 rings (SSSR count). The zero-order valence-electron chi connectivity index (χ0n) is 11.4. The van der Waals surface area contributed by atoms with Crippen LogP contribution in [0.25, 0.3) is 0 Å². The lowest BCUT2D eigenvalue weighted by Gasteiger charge is -2.14. The first-order valence-corrected chi connectivity index (χ1v) is 7.22. The Bertz CT molecular complexity index is 599. The van der Waals surface area contributed by atoms with Crippen LogP contribution in [0.1, 0.15) is 29.5 Å². The molecule has 0 aliphatic heterocycles. The van der Waals surface area contributed by atoms with Gasteiger partial charge < -0.3 is 10.5 Å². The fourth-order valence-corrected chi connectivity index (χ4v) is 3.13. The molecular weight excluding hydrogens is 270 g/mol. The predicted molar refractivity (Wildman–Crippen MR) is 82.2 cm³/mol. The summed E-state index contributed by atoms with van der Waals surface area (Å²) in [6.07, 6.45) is 1.13. The number of methoxy groups -OCH3 is 1. The highest BCUT2D eigenvalue weighted by molar-refractivity contribution is 6.31. The second-order valence-corrected chi connectivity index (χ2v) is 5.74. The molecular formula is C17H18ClNO. The summed E-state index contributed by atoms with van der Waals surface area (Å²) in [5, 5.41) is 0.690. The minimum atomic E-state index is -0.0152. The van der Waals surface area contributed by atoms with E-state index in [1.165, 1.54) is 5.56 Å². The molecule has 0 radical (unpaired) electrons. The Morgan fingerprint density at radius 3 is 2.60 bits per heavy atom. The number of rotatable bonds is 4. The number of benzene rings is 2. The predicted octanol–water partition coefficient (Wildman–Crippen LogP) is 4.15. The smallest absolute Gasteiger partial charge is 0.120 e. The lowest BCUT2D eigenvalue weighted by atomic mass is 9.99. The van der Waals surface area contributed by atoms with Crippen molar-refractivity contribution in [2.75, 3.05) is 7.11 Å². The van der Waals surface area contributed by atoms with Gasteiger partial charge in [-0.2, -0.15) is 0 Å². The van der Waals surface area contributed by atoms with Gasteiger partial charge in [-0.25, -0.2) is 0 Å². The van der Waals surface area contributed by atoms with Gasteiger partial charge in [0.1, 0.15) is 5.75 Å². The van der Waals surface area contributed by atoms with Gasteiger partial charge in [0.15, 0.2) is 0 Å². The van der Waals surface area contributed by atoms with Crippen molar-refractivity contribution in [3.05, 3.63) is 64.7 Å². The number of ether oxygens (including phenoxy) is 1. The molecule has 2 aromatic carbocycles. The average Bonchev–Trinajstić information content (AvgIpc) is 3.28. The zero-order chi connectivity index (χ0) is 14.1. The van der Waals surface area contributed by atoms with Crippen molar-refractivity contribution in [3.63, 3.8) is 0 Å². The molecule has 0 aromatic heterocycles. The minimum absolute atomic E-state index is 0.0152. The third-order valence-electron chi connectivity index (χ3n) is 4.10. The van der Waals surface area contributed by atoms with Gasteiger partial charge in [-0.05, 0) is 41.5 Å². The fraction of sp³-hybridized carbons (Fsp3) is 0.294. The van der Waals surface area contributed by atoms with Crippen LogP contribution in [-0.4, -0.2) is 7.11 Å². The molecule has 2 N–H and O–H groups in total. The highest BCUT2D eigenvalue weighted by Gasteiger charge is 2.43. The van der Waals surface area contributed by atoms with E-state index >= 15 is 0 Å². The maximum absolute atomic E-state index is 6.40. The molecule has 3 atom stereocenters. The highest BCUT2D eigenvalue weighted by Crippen LogP contribution is 2.53. The molecule has 3 heteroatoms. The molecule has 2 aromatic rings. The van der Waals surface area contributed by atoms with Crippen molar-refractivity contribution in [1.29, 1.82) is 0 Å². The average molecular weight is 288 g/mol. The van der Waals surface area contributed by atoms with Gasteiger partial charge >= 0.3 is 0 Å². The van der Waals surface area contributed by atoms with E-state index < -0.39 is 0 Å². The molecule has 0 heterocycles. The Kier molecular flexibility index (Phi) is 3.68. The van der Waals surface area contributed by atoms with E-state index in [0.717, 1.165) is 17.7 Å². The monoisotopic (exact) mass is 287 g/mol. The van der Waals surface area contributed by atoms with E-state index in [1.807, 2.05) is 24.3 Å². The zero-order valence-corrected chi connectivity index (χ0v) is 12.2. The quantitative estimate of drug-likeness (QED) is 0.917. The van der Waals surface area contributed by atoms with Gasteiger partial charge in [0.25, 0.3) is 0 Å². The van der Waals surface area contributed by atoms with Gasteiger partial charge in [0.2, 0.25) is 0 Å². The van der Waals surface area contributed by atoms with Gasteiger partial charge in [-0.15, -0.1) is 0 Å². The van der Waals surface area contributed by atoms with Crippen molar-refractivity contribution < 1.29 is 4.74 Å². The lowest BCUT2D eigenvalue weighted by Crippen LogP contribution is -2.14. The first kappa shape index (κ1) is 13.5. The van der Waals surface area contributed by atoms with Crippen LogP contribution in [0.15, 0.2) is 48.5 Å². The summed E-state index contributed by atoms with van der Waals surface area (Å²) in [6.45, 7) is 0. The molecule has 0 spiro atoms. The molecule has 1 fully saturated rings. The van der Waals surface area contributed by atoms with Gasteiger partial charge in [0.05, 0.1) is 7.11 Å². The van der Waals surface area contributed by atoms with Crippen molar-refractivity contribution in [2.45, 2.75) is 18.4 Å². The van der Waals surface area contributed by atoms with E-state index in [4.69, 9.17) is 22.1 Å². The molecule has 2 nitrogen and oxygen atoms in total. The summed E-state index contributed by atoms with van der Waals surface area (Å²) < 4.78 is 5.17. The van der Waals surface area contributed by atoms with Crippen molar-refractivity contribution in [2.24, 2.45) is 11.7 Å². The molecule has 0 bridgehead atoms. The van der Waals surface area contributed by atoms with Crippen LogP contribution in [0.4, 0.5) is 0 Å². The van der Waals surface area contributed by atoms with Crippen LogP contribution in [0, 0.1) is 5.92 Å². The molecule has 1 aliphatic rings. The van der Waals surface area contributed by atoms with E-state index in [0.29, 0.717) is 16.9 Å². The summed E-state index contributed by atoms with van der Waals surface area (Å²) >= 11 is 6.31. The van der Waals surface area contributed by atoms with Crippen LogP contribution < -0.4 is 10.5 Å². The molecule has 1 saturated carbocycles. The Morgan fingerprint density at radius 2 is 1.95 bits per heavy atom. The summed E-state index contributed by atoms with van der Waals surface area (Å²) in [5.74, 6) is 1.80. The number of hydrogen-bond acceptors (Lipinski definition) is 2. The number of hydrogen-bond donors (Lipinski definition) is 1. The Labute approximate surface area is 124 Å². The topological polar surface area (TPSA) is 35.2 Å². The Morgan fingerprint density at radius 1 is 1.20 bits per heavy atom. The van der Waals surface area contributed by atoms with Crippen molar-refractivity contribution in [1.82, 2.24) is 0 Å². The van der Waals surface area contributed by atoms with E-state index in [9.17, 15) is 0 Å². The molecule has 1 aliphatic carbocycles. The van der Waals surface area contributed by atoms with Crippen molar-refractivity contribution in [3.8, 4) is 5.75 Å². The van der Waals surface area contributed by atoms with Gasteiger partial charge in [0, 0.05) is 11.1 Å². The van der Waals surface area contributed by atoms with Crippen LogP contribution in [0.5, 0.6) is 5.75 Å². The fourth-order valence-electron chi connectivity index (χ4n) is 2.83. The first-order chi connectivity index (χ1) is 9.70. The molecule has 104 valence electrons. The Hall–Kier alpha value is -1.51. The third-order valence-corrected chi connectivity index (χ3v) is 4.42. The highest BCUT2D eigenvalue weighted by atomic mass is 35.5.